The zero-order chi connectivity index (χ0) is 13.1. The second-order valence-electron chi connectivity index (χ2n) is 4.67. The van der Waals surface area contributed by atoms with Gasteiger partial charge in [0, 0.05) is 30.3 Å². The van der Waals surface area contributed by atoms with Gasteiger partial charge in [-0.3, -0.25) is 9.69 Å². The summed E-state index contributed by atoms with van der Waals surface area (Å²) in [5.74, 6) is -0.837. The van der Waals surface area contributed by atoms with Crippen molar-refractivity contribution in [3.8, 4) is 0 Å². The molecule has 0 radical (unpaired) electrons. The van der Waals surface area contributed by atoms with Crippen molar-refractivity contribution in [1.82, 2.24) is 4.90 Å². The van der Waals surface area contributed by atoms with Crippen molar-refractivity contribution < 1.29 is 9.18 Å². The number of primary amides is 1. The number of carbonyl (C=O) groups excluding carboxylic acids is 1. The number of rotatable bonds is 4. The van der Waals surface area contributed by atoms with Gasteiger partial charge in [0.15, 0.2) is 0 Å². The van der Waals surface area contributed by atoms with Crippen LogP contribution in [0, 0.1) is 5.82 Å². The zero-order valence-electron chi connectivity index (χ0n) is 10.2. The van der Waals surface area contributed by atoms with E-state index in [4.69, 9.17) is 11.5 Å². The fourth-order valence-electron chi connectivity index (χ4n) is 2.44. The fourth-order valence-corrected chi connectivity index (χ4v) is 2.44. The number of hydrogen-bond acceptors (Lipinski definition) is 3. The molecule has 1 amide bonds. The van der Waals surface area contributed by atoms with Gasteiger partial charge in [-0.25, -0.2) is 4.39 Å². The van der Waals surface area contributed by atoms with Gasteiger partial charge in [0.2, 0.25) is 5.91 Å². The van der Waals surface area contributed by atoms with Gasteiger partial charge >= 0.3 is 0 Å². The molecule has 0 saturated carbocycles. The second kappa shape index (κ2) is 5.46. The van der Waals surface area contributed by atoms with Crippen molar-refractivity contribution in [2.24, 2.45) is 11.5 Å². The molecule has 1 aromatic carbocycles. The number of carbonyl (C=O) groups is 1. The molecule has 0 bridgehead atoms. The van der Waals surface area contributed by atoms with Crippen LogP contribution in [0.5, 0.6) is 0 Å². The number of benzene rings is 1. The quantitative estimate of drug-likeness (QED) is 0.833. The molecule has 0 aromatic heterocycles. The molecule has 2 rings (SSSR count). The van der Waals surface area contributed by atoms with Crippen LogP contribution in [0.1, 0.15) is 28.8 Å². The first-order chi connectivity index (χ1) is 8.61. The second-order valence-corrected chi connectivity index (χ2v) is 4.67. The summed E-state index contributed by atoms with van der Waals surface area (Å²) in [6.07, 6.45) is 2.13. The van der Waals surface area contributed by atoms with Crippen molar-refractivity contribution in [1.29, 1.82) is 0 Å². The van der Waals surface area contributed by atoms with Crippen LogP contribution in [0.4, 0.5) is 4.39 Å². The monoisotopic (exact) mass is 251 g/mol. The molecular formula is C13H18FN3O. The van der Waals surface area contributed by atoms with E-state index >= 15 is 0 Å². The topological polar surface area (TPSA) is 72.3 Å². The van der Waals surface area contributed by atoms with Gasteiger partial charge in [-0.2, -0.15) is 0 Å². The number of hydrogen-bond donors (Lipinski definition) is 2. The Labute approximate surface area is 106 Å². The van der Waals surface area contributed by atoms with Gasteiger partial charge in [-0.15, -0.1) is 0 Å². The average Bonchev–Trinajstić information content (AvgIpc) is 2.79. The Morgan fingerprint density at radius 1 is 1.50 bits per heavy atom. The van der Waals surface area contributed by atoms with Crippen LogP contribution >= 0.6 is 0 Å². The van der Waals surface area contributed by atoms with Crippen molar-refractivity contribution >= 4 is 5.91 Å². The van der Waals surface area contributed by atoms with Crippen LogP contribution in [0.15, 0.2) is 18.2 Å². The third kappa shape index (κ3) is 2.68. The lowest BCUT2D eigenvalue weighted by molar-refractivity contribution is 0.1000. The Morgan fingerprint density at radius 3 is 2.94 bits per heavy atom. The summed E-state index contributed by atoms with van der Waals surface area (Å²) < 4.78 is 13.7. The average molecular weight is 251 g/mol. The molecule has 1 fully saturated rings. The summed E-state index contributed by atoms with van der Waals surface area (Å²) in [5.41, 5.74) is 11.7. The number of amides is 1. The summed E-state index contributed by atoms with van der Waals surface area (Å²) in [4.78, 5) is 13.2. The molecule has 1 atom stereocenters. The highest BCUT2D eigenvalue weighted by molar-refractivity contribution is 5.92. The third-order valence-electron chi connectivity index (χ3n) is 3.47. The van der Waals surface area contributed by atoms with Crippen LogP contribution in [0.3, 0.4) is 0 Å². The summed E-state index contributed by atoms with van der Waals surface area (Å²) >= 11 is 0. The molecule has 1 aliphatic rings. The number of nitrogens with two attached hydrogens (primary N) is 2. The first-order valence-corrected chi connectivity index (χ1v) is 6.14. The van der Waals surface area contributed by atoms with Crippen LogP contribution < -0.4 is 11.5 Å². The van der Waals surface area contributed by atoms with Gasteiger partial charge in [0.25, 0.3) is 0 Å². The molecule has 4 N–H and O–H groups in total. The van der Waals surface area contributed by atoms with Crippen LogP contribution in [0.25, 0.3) is 0 Å². The molecule has 98 valence electrons. The first-order valence-electron chi connectivity index (χ1n) is 6.14. The Kier molecular flexibility index (Phi) is 3.93. The van der Waals surface area contributed by atoms with Crippen LogP contribution in [-0.2, 0) is 6.54 Å². The predicted molar refractivity (Wildman–Crippen MR) is 67.4 cm³/mol. The predicted octanol–water partition coefficient (Wildman–Crippen LogP) is 0.848. The van der Waals surface area contributed by atoms with E-state index in [1.165, 1.54) is 18.2 Å². The summed E-state index contributed by atoms with van der Waals surface area (Å²) in [5, 5.41) is 0. The van der Waals surface area contributed by atoms with Gasteiger partial charge < -0.3 is 11.5 Å². The molecule has 0 aliphatic carbocycles. The largest absolute Gasteiger partial charge is 0.366 e. The fraction of sp³-hybridized carbons (Fsp3) is 0.462. The standard InChI is InChI=1S/C13H18FN3O/c14-12-4-3-9(13(16)18)6-10(12)8-17-5-1-2-11(17)7-15/h3-4,6,11H,1-2,5,7-8,15H2,(H2,16,18). The number of likely N-dealkylation sites (tertiary alicyclic amines) is 1. The molecule has 5 heteroatoms. The van der Waals surface area contributed by atoms with E-state index in [0.29, 0.717) is 30.3 Å². The minimum atomic E-state index is -0.534. The van der Waals surface area contributed by atoms with Gasteiger partial charge in [0.05, 0.1) is 0 Å². The lowest BCUT2D eigenvalue weighted by Crippen LogP contribution is -2.35. The maximum atomic E-state index is 13.7. The van der Waals surface area contributed by atoms with E-state index in [0.717, 1.165) is 19.4 Å². The lowest BCUT2D eigenvalue weighted by atomic mass is 10.1. The first kappa shape index (κ1) is 13.0. The van der Waals surface area contributed by atoms with Crippen LogP contribution in [0.2, 0.25) is 0 Å². The van der Waals surface area contributed by atoms with E-state index in [1.807, 2.05) is 0 Å². The zero-order valence-corrected chi connectivity index (χ0v) is 10.2. The molecule has 1 heterocycles. The normalized spacial score (nSPS) is 20.2. The lowest BCUT2D eigenvalue weighted by Gasteiger charge is -2.23. The van der Waals surface area contributed by atoms with Gasteiger partial charge in [-0.05, 0) is 37.6 Å². The SMILES string of the molecule is NCC1CCCN1Cc1cc(C(N)=O)ccc1F. The van der Waals surface area contributed by atoms with E-state index in [2.05, 4.69) is 4.90 Å². The Morgan fingerprint density at radius 2 is 2.28 bits per heavy atom. The van der Waals surface area contributed by atoms with Gasteiger partial charge in [0.1, 0.15) is 5.82 Å². The minimum absolute atomic E-state index is 0.303. The molecule has 1 unspecified atom stereocenters. The van der Waals surface area contributed by atoms with Crippen molar-refractivity contribution in [3.63, 3.8) is 0 Å². The van der Waals surface area contributed by atoms with E-state index in [9.17, 15) is 9.18 Å². The maximum Gasteiger partial charge on any atom is 0.248 e. The van der Waals surface area contributed by atoms with E-state index < -0.39 is 5.91 Å². The molecule has 4 nitrogen and oxygen atoms in total. The third-order valence-corrected chi connectivity index (χ3v) is 3.47. The number of nitrogens with zero attached hydrogens (tertiary/aromatic N) is 1. The minimum Gasteiger partial charge on any atom is -0.366 e. The van der Waals surface area contributed by atoms with E-state index in [1.54, 1.807) is 0 Å². The highest BCUT2D eigenvalue weighted by Gasteiger charge is 2.24. The highest BCUT2D eigenvalue weighted by Crippen LogP contribution is 2.21. The smallest absolute Gasteiger partial charge is 0.248 e. The highest BCUT2D eigenvalue weighted by atomic mass is 19.1. The van der Waals surface area contributed by atoms with E-state index in [-0.39, 0.29) is 5.82 Å². The Hall–Kier alpha value is -1.46. The van der Waals surface area contributed by atoms with Crippen LogP contribution in [-0.4, -0.2) is 29.9 Å². The summed E-state index contributed by atoms with van der Waals surface area (Å²) in [7, 11) is 0. The molecule has 1 saturated heterocycles. The summed E-state index contributed by atoms with van der Waals surface area (Å²) in [6.45, 7) is 1.98. The van der Waals surface area contributed by atoms with Gasteiger partial charge in [-0.1, -0.05) is 0 Å². The molecular weight excluding hydrogens is 233 g/mol. The number of halogens is 1. The molecule has 1 aliphatic heterocycles. The molecule has 18 heavy (non-hydrogen) atoms. The Balaban J connectivity index is 2.17. The van der Waals surface area contributed by atoms with Crippen molar-refractivity contribution in [3.05, 3.63) is 35.1 Å². The summed E-state index contributed by atoms with van der Waals surface area (Å²) in [6, 6.07) is 4.54. The van der Waals surface area contributed by atoms with Crippen molar-refractivity contribution in [2.45, 2.75) is 25.4 Å². The van der Waals surface area contributed by atoms with Crippen molar-refractivity contribution in [2.75, 3.05) is 13.1 Å². The molecule has 1 aromatic rings. The Bertz CT molecular complexity index is 450. The maximum absolute atomic E-state index is 13.7. The molecule has 0 spiro atoms.